The molecule has 6 nitrogen and oxygen atoms in total. The third kappa shape index (κ3) is 3.51. The number of hydrogen-bond donors (Lipinski definition) is 1. The summed E-state index contributed by atoms with van der Waals surface area (Å²) < 4.78 is 0. The minimum absolute atomic E-state index is 0.157. The predicted octanol–water partition coefficient (Wildman–Crippen LogP) is 1.27. The summed E-state index contributed by atoms with van der Waals surface area (Å²) in [6.07, 6.45) is 1.49. The number of carbonyl (C=O) groups excluding carboxylic acids is 1. The molecule has 2 heterocycles. The van der Waals surface area contributed by atoms with E-state index < -0.39 is 12.0 Å². The largest absolute Gasteiger partial charge is 0.480 e. The number of rotatable bonds is 3. The zero-order valence-electron chi connectivity index (χ0n) is 12.0. The van der Waals surface area contributed by atoms with Gasteiger partial charge in [0, 0.05) is 38.1 Å². The lowest BCUT2D eigenvalue weighted by molar-refractivity contribution is -0.143. The van der Waals surface area contributed by atoms with Crippen LogP contribution < -0.4 is 0 Å². The molecule has 1 aromatic rings. The summed E-state index contributed by atoms with van der Waals surface area (Å²) in [5, 5.41) is 9.40. The van der Waals surface area contributed by atoms with Crippen molar-refractivity contribution in [3.05, 3.63) is 28.5 Å². The summed E-state index contributed by atoms with van der Waals surface area (Å²) in [5.74, 6) is -1.00. The number of aryl methyl sites for hydroxylation is 1. The molecule has 0 spiro atoms. The Bertz CT molecular complexity index is 556. The first kappa shape index (κ1) is 15.7. The first-order chi connectivity index (χ1) is 9.90. The zero-order valence-corrected chi connectivity index (χ0v) is 12.8. The third-order valence-electron chi connectivity index (χ3n) is 3.73. The van der Waals surface area contributed by atoms with Crippen molar-refractivity contribution < 1.29 is 14.7 Å². The topological polar surface area (TPSA) is 73.7 Å². The van der Waals surface area contributed by atoms with Crippen molar-refractivity contribution in [1.82, 2.24) is 14.8 Å². The second kappa shape index (κ2) is 6.41. The molecule has 114 valence electrons. The predicted molar refractivity (Wildman–Crippen MR) is 78.6 cm³/mol. The number of piperazine rings is 1. The van der Waals surface area contributed by atoms with Crippen molar-refractivity contribution in [2.45, 2.75) is 19.9 Å². The second-order valence-electron chi connectivity index (χ2n) is 5.15. The Labute approximate surface area is 128 Å². The molecule has 0 aliphatic carbocycles. The highest BCUT2D eigenvalue weighted by Gasteiger charge is 2.28. The minimum atomic E-state index is -0.847. The van der Waals surface area contributed by atoms with Crippen LogP contribution in [0.5, 0.6) is 0 Å². The number of pyridine rings is 1. The van der Waals surface area contributed by atoms with Crippen LogP contribution >= 0.6 is 11.6 Å². The van der Waals surface area contributed by atoms with Gasteiger partial charge < -0.3 is 10.0 Å². The second-order valence-corrected chi connectivity index (χ2v) is 5.56. The maximum absolute atomic E-state index is 12.4. The molecule has 0 radical (unpaired) electrons. The quantitative estimate of drug-likeness (QED) is 0.910. The summed E-state index contributed by atoms with van der Waals surface area (Å²) in [6, 6.07) is 1.13. The average molecular weight is 312 g/mol. The Balaban J connectivity index is 2.02. The lowest BCUT2D eigenvalue weighted by Gasteiger charge is -2.36. The van der Waals surface area contributed by atoms with E-state index in [1.165, 1.54) is 6.20 Å². The number of hydrogen-bond acceptors (Lipinski definition) is 4. The van der Waals surface area contributed by atoms with Crippen molar-refractivity contribution in [2.24, 2.45) is 0 Å². The number of carboxylic acid groups (broad SMARTS) is 1. The van der Waals surface area contributed by atoms with E-state index in [0.717, 1.165) is 5.69 Å². The Kier molecular flexibility index (Phi) is 4.80. The molecule has 1 aliphatic heterocycles. The summed E-state index contributed by atoms with van der Waals surface area (Å²) in [6.45, 7) is 5.51. The highest BCUT2D eigenvalue weighted by molar-refractivity contribution is 6.33. The molecule has 1 N–H and O–H groups in total. The molecule has 1 aromatic heterocycles. The normalized spacial score (nSPS) is 17.6. The molecule has 1 saturated heterocycles. The van der Waals surface area contributed by atoms with E-state index in [0.29, 0.717) is 36.8 Å². The van der Waals surface area contributed by atoms with Crippen LogP contribution in [0.15, 0.2) is 12.3 Å². The molecule has 1 fully saturated rings. The van der Waals surface area contributed by atoms with Crippen LogP contribution in [0.2, 0.25) is 5.02 Å². The van der Waals surface area contributed by atoms with Crippen molar-refractivity contribution >= 4 is 23.5 Å². The molecule has 7 heteroatoms. The lowest BCUT2D eigenvalue weighted by Crippen LogP contribution is -2.53. The molecule has 21 heavy (non-hydrogen) atoms. The van der Waals surface area contributed by atoms with E-state index in [1.54, 1.807) is 17.9 Å². The Morgan fingerprint density at radius 2 is 1.95 bits per heavy atom. The number of aromatic nitrogens is 1. The van der Waals surface area contributed by atoms with Crippen LogP contribution in [-0.4, -0.2) is 64.0 Å². The van der Waals surface area contributed by atoms with Gasteiger partial charge in [0.2, 0.25) is 0 Å². The maximum Gasteiger partial charge on any atom is 0.320 e. The fraction of sp³-hybridized carbons (Fsp3) is 0.500. The molecule has 1 amide bonds. The van der Waals surface area contributed by atoms with Gasteiger partial charge in [-0.25, -0.2) is 0 Å². The van der Waals surface area contributed by atoms with E-state index in [2.05, 4.69) is 4.98 Å². The van der Waals surface area contributed by atoms with Gasteiger partial charge in [0.05, 0.1) is 10.6 Å². The van der Waals surface area contributed by atoms with Gasteiger partial charge in [-0.1, -0.05) is 11.6 Å². The fourth-order valence-electron chi connectivity index (χ4n) is 2.32. The van der Waals surface area contributed by atoms with Crippen molar-refractivity contribution in [3.63, 3.8) is 0 Å². The highest BCUT2D eigenvalue weighted by atomic mass is 35.5. The molecule has 0 saturated carbocycles. The summed E-state index contributed by atoms with van der Waals surface area (Å²) in [7, 11) is 0. The standard InChI is InChI=1S/C14H18ClN3O3/c1-9-7-12(15)11(8-16-9)13(19)18-5-3-17(4-6-18)10(2)14(20)21/h7-8,10H,3-6H2,1-2H3,(H,20,21). The number of amides is 1. The molecular formula is C14H18ClN3O3. The van der Waals surface area contributed by atoms with Gasteiger partial charge >= 0.3 is 5.97 Å². The molecule has 1 atom stereocenters. The van der Waals surface area contributed by atoms with Gasteiger partial charge in [-0.2, -0.15) is 0 Å². The number of carboxylic acids is 1. The smallest absolute Gasteiger partial charge is 0.320 e. The number of aliphatic carboxylic acids is 1. The summed E-state index contributed by atoms with van der Waals surface area (Å²) >= 11 is 6.09. The van der Waals surface area contributed by atoms with Crippen LogP contribution in [0, 0.1) is 6.92 Å². The Morgan fingerprint density at radius 3 is 2.48 bits per heavy atom. The van der Waals surface area contributed by atoms with E-state index in [4.69, 9.17) is 16.7 Å². The third-order valence-corrected chi connectivity index (χ3v) is 4.04. The van der Waals surface area contributed by atoms with Gasteiger partial charge in [-0.15, -0.1) is 0 Å². The van der Waals surface area contributed by atoms with E-state index in [-0.39, 0.29) is 5.91 Å². The van der Waals surface area contributed by atoms with Crippen LogP contribution in [0.1, 0.15) is 23.0 Å². The molecule has 0 bridgehead atoms. The first-order valence-corrected chi connectivity index (χ1v) is 7.16. The number of halogens is 1. The van der Waals surface area contributed by atoms with Crippen LogP contribution in [0.3, 0.4) is 0 Å². The van der Waals surface area contributed by atoms with Crippen LogP contribution in [0.25, 0.3) is 0 Å². The number of carbonyl (C=O) groups is 2. The molecule has 0 aromatic carbocycles. The van der Waals surface area contributed by atoms with Gasteiger partial charge in [0.25, 0.3) is 5.91 Å². The molecular weight excluding hydrogens is 294 g/mol. The minimum Gasteiger partial charge on any atom is -0.480 e. The maximum atomic E-state index is 12.4. The van der Waals surface area contributed by atoms with Gasteiger partial charge in [-0.3, -0.25) is 19.5 Å². The summed E-state index contributed by atoms with van der Waals surface area (Å²) in [4.78, 5) is 31.0. The van der Waals surface area contributed by atoms with Crippen molar-refractivity contribution in [1.29, 1.82) is 0 Å². The molecule has 1 aliphatic rings. The SMILES string of the molecule is Cc1cc(Cl)c(C(=O)N2CCN(C(C)C(=O)O)CC2)cn1. The Morgan fingerprint density at radius 1 is 1.33 bits per heavy atom. The van der Waals surface area contributed by atoms with Crippen molar-refractivity contribution in [2.75, 3.05) is 26.2 Å². The van der Waals surface area contributed by atoms with Gasteiger partial charge in [-0.05, 0) is 19.9 Å². The van der Waals surface area contributed by atoms with Crippen molar-refractivity contribution in [3.8, 4) is 0 Å². The van der Waals surface area contributed by atoms with Crippen LogP contribution in [-0.2, 0) is 4.79 Å². The Hall–Kier alpha value is -1.66. The van der Waals surface area contributed by atoms with Gasteiger partial charge in [0.1, 0.15) is 6.04 Å². The molecule has 2 rings (SSSR count). The fourth-order valence-corrected chi connectivity index (χ4v) is 2.61. The van der Waals surface area contributed by atoms with Crippen LogP contribution in [0.4, 0.5) is 0 Å². The monoisotopic (exact) mass is 311 g/mol. The lowest BCUT2D eigenvalue weighted by atomic mass is 10.2. The summed E-state index contributed by atoms with van der Waals surface area (Å²) in [5.41, 5.74) is 1.15. The first-order valence-electron chi connectivity index (χ1n) is 6.78. The average Bonchev–Trinajstić information content (AvgIpc) is 2.46. The van der Waals surface area contributed by atoms with E-state index in [1.807, 2.05) is 11.8 Å². The van der Waals surface area contributed by atoms with E-state index >= 15 is 0 Å². The zero-order chi connectivity index (χ0) is 15.6. The van der Waals surface area contributed by atoms with E-state index in [9.17, 15) is 9.59 Å². The highest BCUT2D eigenvalue weighted by Crippen LogP contribution is 2.19. The number of nitrogens with zero attached hydrogens (tertiary/aromatic N) is 3. The molecule has 1 unspecified atom stereocenters. The van der Waals surface area contributed by atoms with Gasteiger partial charge in [0.15, 0.2) is 0 Å².